The quantitative estimate of drug-likeness (QED) is 0.405. The van der Waals surface area contributed by atoms with Crippen LogP contribution in [0.2, 0.25) is 0 Å². The Morgan fingerprint density at radius 1 is 1.13 bits per heavy atom. The van der Waals surface area contributed by atoms with Gasteiger partial charge in [-0.15, -0.1) is 0 Å². The van der Waals surface area contributed by atoms with Crippen molar-refractivity contribution >= 4 is 22.0 Å². The first-order chi connectivity index (χ1) is 14.7. The summed E-state index contributed by atoms with van der Waals surface area (Å²) >= 11 is 3.59. The first kappa shape index (κ1) is 24.2. The summed E-state index contributed by atoms with van der Waals surface area (Å²) in [5.74, 6) is 2.36. The normalized spacial score (nSPS) is 23.2. The lowest BCUT2D eigenvalue weighted by Crippen LogP contribution is -2.41. The van der Waals surface area contributed by atoms with Crippen LogP contribution in [0, 0.1) is 18.8 Å². The van der Waals surface area contributed by atoms with Crippen molar-refractivity contribution in [1.29, 1.82) is 0 Å². The number of allylic oxidation sites excluding steroid dienone is 2. The number of carbonyl (C=O) groups excluding carboxylic acids is 1. The van der Waals surface area contributed by atoms with E-state index in [9.17, 15) is 4.79 Å². The highest BCUT2D eigenvalue weighted by Crippen LogP contribution is 2.33. The van der Waals surface area contributed by atoms with Crippen LogP contribution in [0.3, 0.4) is 0 Å². The molecule has 1 aliphatic heterocycles. The van der Waals surface area contributed by atoms with Gasteiger partial charge in [0.25, 0.3) is 0 Å². The SMILES string of the molecule is Cc1c(Br)cccc1O[C@H]1CC[C@@H](C/C=C/C2CCN(C(=O)OC(C)(C)C)CC2)CC1. The molecule has 2 aliphatic rings. The molecule has 1 aromatic carbocycles. The van der Waals surface area contributed by atoms with Crippen molar-refractivity contribution in [1.82, 2.24) is 4.90 Å². The molecule has 172 valence electrons. The van der Waals surface area contributed by atoms with E-state index in [0.29, 0.717) is 12.0 Å². The molecular weight excluding hydrogens is 454 g/mol. The van der Waals surface area contributed by atoms with Crippen molar-refractivity contribution in [3.8, 4) is 5.75 Å². The van der Waals surface area contributed by atoms with Gasteiger partial charge in [-0.25, -0.2) is 4.79 Å². The number of nitrogens with zero attached hydrogens (tertiary/aromatic N) is 1. The standard InChI is InChI=1S/C26H38BrNO3/c1-19-23(27)9-6-10-24(19)30-22-13-11-20(12-14-22)7-5-8-21-15-17-28(18-16-21)25(29)31-26(2,3)4/h5-6,8-10,20-22H,7,11-18H2,1-4H3/b8-5+/t20-,22+. The predicted molar refractivity (Wildman–Crippen MR) is 130 cm³/mol. The molecule has 0 radical (unpaired) electrons. The molecule has 31 heavy (non-hydrogen) atoms. The van der Waals surface area contributed by atoms with E-state index in [0.717, 1.165) is 61.3 Å². The number of amides is 1. The van der Waals surface area contributed by atoms with Gasteiger partial charge in [0.1, 0.15) is 11.4 Å². The number of benzene rings is 1. The van der Waals surface area contributed by atoms with E-state index < -0.39 is 5.60 Å². The summed E-state index contributed by atoms with van der Waals surface area (Å²) in [5, 5.41) is 0. The summed E-state index contributed by atoms with van der Waals surface area (Å²) in [6, 6.07) is 6.18. The molecule has 1 saturated carbocycles. The molecule has 1 saturated heterocycles. The Kier molecular flexibility index (Phi) is 8.49. The predicted octanol–water partition coefficient (Wildman–Crippen LogP) is 7.29. The van der Waals surface area contributed by atoms with Crippen LogP contribution in [-0.2, 0) is 4.74 Å². The Hall–Kier alpha value is -1.49. The molecule has 3 rings (SSSR count). The highest BCUT2D eigenvalue weighted by atomic mass is 79.9. The van der Waals surface area contributed by atoms with Crippen molar-refractivity contribution in [3.05, 3.63) is 40.4 Å². The fourth-order valence-corrected chi connectivity index (χ4v) is 4.79. The molecule has 1 heterocycles. The van der Waals surface area contributed by atoms with Gasteiger partial charge in [-0.2, -0.15) is 0 Å². The first-order valence-corrected chi connectivity index (χ1v) is 12.6. The smallest absolute Gasteiger partial charge is 0.410 e. The third-order valence-electron chi connectivity index (χ3n) is 6.37. The third-order valence-corrected chi connectivity index (χ3v) is 7.23. The van der Waals surface area contributed by atoms with Crippen molar-refractivity contribution in [2.45, 2.75) is 84.3 Å². The molecule has 5 heteroatoms. The highest BCUT2D eigenvalue weighted by Gasteiger charge is 2.26. The van der Waals surface area contributed by atoms with Crippen LogP contribution >= 0.6 is 15.9 Å². The molecule has 0 N–H and O–H groups in total. The number of hydrogen-bond donors (Lipinski definition) is 0. The second-order valence-electron chi connectivity index (χ2n) is 10.1. The average Bonchev–Trinajstić information content (AvgIpc) is 2.72. The molecule has 1 amide bonds. The maximum absolute atomic E-state index is 12.2. The van der Waals surface area contributed by atoms with Gasteiger partial charge >= 0.3 is 6.09 Å². The molecule has 2 fully saturated rings. The number of likely N-dealkylation sites (tertiary alicyclic amines) is 1. The van der Waals surface area contributed by atoms with E-state index in [1.54, 1.807) is 0 Å². The minimum Gasteiger partial charge on any atom is -0.490 e. The van der Waals surface area contributed by atoms with E-state index in [1.807, 2.05) is 31.7 Å². The van der Waals surface area contributed by atoms with Gasteiger partial charge in [0.2, 0.25) is 0 Å². The highest BCUT2D eigenvalue weighted by molar-refractivity contribution is 9.10. The number of ether oxygens (including phenoxy) is 2. The first-order valence-electron chi connectivity index (χ1n) is 11.8. The maximum atomic E-state index is 12.2. The molecule has 0 atom stereocenters. The van der Waals surface area contributed by atoms with E-state index in [-0.39, 0.29) is 6.09 Å². The minimum absolute atomic E-state index is 0.174. The molecule has 1 aromatic rings. The van der Waals surface area contributed by atoms with E-state index in [1.165, 1.54) is 18.4 Å². The Morgan fingerprint density at radius 2 is 1.81 bits per heavy atom. The van der Waals surface area contributed by atoms with Crippen LogP contribution in [0.1, 0.15) is 71.3 Å². The monoisotopic (exact) mass is 491 g/mol. The Balaban J connectivity index is 1.35. The number of carbonyl (C=O) groups is 1. The molecular formula is C26H38BrNO3. The lowest BCUT2D eigenvalue weighted by Gasteiger charge is -2.32. The zero-order valence-corrected chi connectivity index (χ0v) is 21.1. The zero-order chi connectivity index (χ0) is 22.4. The Labute approximate surface area is 196 Å². The lowest BCUT2D eigenvalue weighted by molar-refractivity contribution is 0.0197. The van der Waals surface area contributed by atoms with Crippen molar-refractivity contribution in [2.24, 2.45) is 11.8 Å². The van der Waals surface area contributed by atoms with E-state index in [2.05, 4.69) is 47.1 Å². The minimum atomic E-state index is -0.422. The molecule has 0 spiro atoms. The van der Waals surface area contributed by atoms with Crippen LogP contribution in [0.15, 0.2) is 34.8 Å². The summed E-state index contributed by atoms with van der Waals surface area (Å²) < 4.78 is 12.9. The zero-order valence-electron chi connectivity index (χ0n) is 19.5. The second-order valence-corrected chi connectivity index (χ2v) is 10.9. The van der Waals surface area contributed by atoms with Gasteiger partial charge in [-0.3, -0.25) is 0 Å². The van der Waals surface area contributed by atoms with Crippen LogP contribution in [0.5, 0.6) is 5.75 Å². The largest absolute Gasteiger partial charge is 0.490 e. The van der Waals surface area contributed by atoms with Crippen LogP contribution < -0.4 is 4.74 Å². The van der Waals surface area contributed by atoms with Crippen LogP contribution in [0.4, 0.5) is 4.79 Å². The maximum Gasteiger partial charge on any atom is 0.410 e. The van der Waals surface area contributed by atoms with Gasteiger partial charge < -0.3 is 14.4 Å². The fraction of sp³-hybridized carbons (Fsp3) is 0.654. The van der Waals surface area contributed by atoms with Crippen molar-refractivity contribution in [2.75, 3.05) is 13.1 Å². The Morgan fingerprint density at radius 3 is 2.45 bits per heavy atom. The number of halogens is 1. The molecule has 0 bridgehead atoms. The van der Waals surface area contributed by atoms with Crippen LogP contribution in [0.25, 0.3) is 0 Å². The van der Waals surface area contributed by atoms with Gasteiger partial charge in [0.15, 0.2) is 0 Å². The molecule has 0 aromatic heterocycles. The summed E-state index contributed by atoms with van der Waals surface area (Å²) in [7, 11) is 0. The Bertz CT molecular complexity index is 754. The summed E-state index contributed by atoms with van der Waals surface area (Å²) in [6.45, 7) is 9.45. The fourth-order valence-electron chi connectivity index (χ4n) is 4.44. The summed E-state index contributed by atoms with van der Waals surface area (Å²) in [5.41, 5.74) is 0.763. The number of hydrogen-bond acceptors (Lipinski definition) is 3. The lowest BCUT2D eigenvalue weighted by atomic mass is 9.84. The average molecular weight is 492 g/mol. The van der Waals surface area contributed by atoms with Gasteiger partial charge in [0.05, 0.1) is 6.10 Å². The third kappa shape index (κ3) is 7.55. The number of piperidine rings is 1. The molecule has 4 nitrogen and oxygen atoms in total. The van der Waals surface area contributed by atoms with Gasteiger partial charge in [0, 0.05) is 23.1 Å². The van der Waals surface area contributed by atoms with Crippen molar-refractivity contribution in [3.63, 3.8) is 0 Å². The molecule has 1 aliphatic carbocycles. The molecule has 0 unspecified atom stereocenters. The number of rotatable bonds is 5. The van der Waals surface area contributed by atoms with Crippen LogP contribution in [-0.4, -0.2) is 35.8 Å². The topological polar surface area (TPSA) is 38.8 Å². The van der Waals surface area contributed by atoms with Crippen molar-refractivity contribution < 1.29 is 14.3 Å². The van der Waals surface area contributed by atoms with E-state index >= 15 is 0 Å². The summed E-state index contributed by atoms with van der Waals surface area (Å²) in [6.07, 6.45) is 12.9. The van der Waals surface area contributed by atoms with Gasteiger partial charge in [-0.1, -0.05) is 34.1 Å². The summed E-state index contributed by atoms with van der Waals surface area (Å²) in [4.78, 5) is 14.0. The second kappa shape index (κ2) is 10.9. The van der Waals surface area contributed by atoms with E-state index in [4.69, 9.17) is 9.47 Å². The van der Waals surface area contributed by atoms with Gasteiger partial charge in [-0.05, 0) is 96.6 Å².